The van der Waals surface area contributed by atoms with Gasteiger partial charge in [0.15, 0.2) is 14.3 Å². The van der Waals surface area contributed by atoms with Crippen LogP contribution in [0.25, 0.3) is 0 Å². The summed E-state index contributed by atoms with van der Waals surface area (Å²) in [6.45, 7) is 3.99. The minimum absolute atomic E-state index is 0.813. The van der Waals surface area contributed by atoms with Crippen LogP contribution in [0.15, 0.2) is 81.9 Å². The Kier molecular flexibility index (Phi) is 2.65. The van der Waals surface area contributed by atoms with Crippen molar-refractivity contribution in [3.05, 3.63) is 93.1 Å². The lowest BCUT2D eigenvalue weighted by molar-refractivity contribution is 0.577. The van der Waals surface area contributed by atoms with E-state index < -0.39 is 14.3 Å². The van der Waals surface area contributed by atoms with E-state index >= 15 is 0 Å². The zero-order valence-electron chi connectivity index (χ0n) is 13.5. The van der Waals surface area contributed by atoms with Crippen LogP contribution in [-0.4, -0.2) is 0 Å². The average molecular weight is 350 g/mol. The highest BCUT2D eigenvalue weighted by atomic mass is 31.2. The van der Waals surface area contributed by atoms with E-state index in [9.17, 15) is 9.13 Å². The first-order chi connectivity index (χ1) is 11.5. The smallest absolute Gasteiger partial charge is 0.173 e. The quantitative estimate of drug-likeness (QED) is 0.714. The van der Waals surface area contributed by atoms with E-state index in [1.165, 1.54) is 0 Å². The lowest BCUT2D eigenvalue weighted by Crippen LogP contribution is -2.34. The predicted octanol–water partition coefficient (Wildman–Crippen LogP) is 5.00. The third-order valence-corrected chi connectivity index (χ3v) is 12.5. The fourth-order valence-corrected chi connectivity index (χ4v) is 12.6. The van der Waals surface area contributed by atoms with E-state index in [-0.39, 0.29) is 0 Å². The highest BCUT2D eigenvalue weighted by Gasteiger charge is 2.66. The van der Waals surface area contributed by atoms with Crippen molar-refractivity contribution >= 4 is 24.9 Å². The Morgan fingerprint density at radius 1 is 0.625 bits per heavy atom. The van der Waals surface area contributed by atoms with Crippen molar-refractivity contribution in [1.29, 1.82) is 0 Å². The molecule has 6 rings (SSSR count). The number of hydrogen-bond acceptors (Lipinski definition) is 2. The van der Waals surface area contributed by atoms with Gasteiger partial charge in [-0.2, -0.15) is 0 Å². The van der Waals surface area contributed by atoms with Crippen LogP contribution >= 0.6 is 14.3 Å². The van der Waals surface area contributed by atoms with E-state index in [1.54, 1.807) is 0 Å². The Hall–Kier alpha value is -1.88. The second kappa shape index (κ2) is 4.39. The maximum Gasteiger partial charge on any atom is 0.173 e. The third kappa shape index (κ3) is 1.38. The first kappa shape index (κ1) is 14.5. The number of rotatable bonds is 2. The summed E-state index contributed by atoms with van der Waals surface area (Å²) in [5.74, 6) is 0. The summed E-state index contributed by atoms with van der Waals surface area (Å²) in [7, 11) is -5.44. The predicted molar refractivity (Wildman–Crippen MR) is 100 cm³/mol. The van der Waals surface area contributed by atoms with Crippen molar-refractivity contribution in [2.75, 3.05) is 0 Å². The number of benzene rings is 2. The highest BCUT2D eigenvalue weighted by Crippen LogP contribution is 2.95. The Bertz CT molecular complexity index is 1040. The van der Waals surface area contributed by atoms with Gasteiger partial charge in [0.1, 0.15) is 0 Å². The van der Waals surface area contributed by atoms with Crippen LogP contribution in [0.1, 0.15) is 11.1 Å². The first-order valence-corrected chi connectivity index (χ1v) is 11.4. The molecule has 0 saturated heterocycles. The molecule has 4 heteroatoms. The van der Waals surface area contributed by atoms with E-state index in [0.717, 1.165) is 43.0 Å². The summed E-state index contributed by atoms with van der Waals surface area (Å²) >= 11 is 0. The maximum absolute atomic E-state index is 13.8. The summed E-state index contributed by atoms with van der Waals surface area (Å²) in [4.78, 5) is 0. The molecule has 2 unspecified atom stereocenters. The molecule has 4 aliphatic heterocycles. The molecule has 0 amide bonds. The van der Waals surface area contributed by atoms with Gasteiger partial charge in [-0.3, -0.25) is 0 Å². The minimum atomic E-state index is -2.72. The lowest BCUT2D eigenvalue weighted by atomic mass is 10.2. The average Bonchev–Trinajstić information content (AvgIpc) is 2.60. The molecular weight excluding hydrogens is 334 g/mol. The van der Waals surface area contributed by atoms with Gasteiger partial charge in [0.25, 0.3) is 0 Å². The lowest BCUT2D eigenvalue weighted by Gasteiger charge is -2.53. The molecule has 24 heavy (non-hydrogen) atoms. The zero-order valence-corrected chi connectivity index (χ0v) is 15.3. The SMILES string of the molecule is Cc1ccccc1P1(=O)C2=CC=C3C1=C2P3(=O)c1ccccc1C. The van der Waals surface area contributed by atoms with Crippen LogP contribution in [-0.2, 0) is 9.13 Å². The molecule has 2 aromatic rings. The largest absolute Gasteiger partial charge is 0.309 e. The monoisotopic (exact) mass is 350 g/mol. The first-order valence-electron chi connectivity index (χ1n) is 8.02. The topological polar surface area (TPSA) is 34.1 Å². The fourth-order valence-electron chi connectivity index (χ4n) is 4.16. The molecule has 4 bridgehead atoms. The zero-order chi connectivity index (χ0) is 16.7. The molecule has 0 spiro atoms. The molecule has 2 atom stereocenters. The minimum Gasteiger partial charge on any atom is -0.309 e. The van der Waals surface area contributed by atoms with Gasteiger partial charge in [0.2, 0.25) is 0 Å². The molecule has 0 aromatic heterocycles. The van der Waals surface area contributed by atoms with Gasteiger partial charge in [-0.1, -0.05) is 48.5 Å². The second-order valence-electron chi connectivity index (χ2n) is 6.59. The van der Waals surface area contributed by atoms with Crippen LogP contribution in [0.2, 0.25) is 0 Å². The third-order valence-electron chi connectivity index (χ3n) is 5.33. The van der Waals surface area contributed by atoms with E-state index in [0.29, 0.717) is 0 Å². The standard InChI is InChI=1S/C20H16O2P2/c1-13-7-3-5-9-15(13)23(21)17-11-12-18-19(23)20(17)24(18,22)16-10-6-4-8-14(16)2/h3-12H,1-2H3. The molecule has 2 nitrogen and oxygen atoms in total. The van der Waals surface area contributed by atoms with Gasteiger partial charge in [-0.05, 0) is 37.1 Å². The Morgan fingerprint density at radius 3 is 1.33 bits per heavy atom. The van der Waals surface area contributed by atoms with Crippen LogP contribution < -0.4 is 10.6 Å². The van der Waals surface area contributed by atoms with Crippen molar-refractivity contribution in [2.45, 2.75) is 13.8 Å². The van der Waals surface area contributed by atoms with Gasteiger partial charge in [0, 0.05) is 31.9 Å². The van der Waals surface area contributed by atoms with Crippen molar-refractivity contribution in [3.63, 3.8) is 0 Å². The second-order valence-corrected chi connectivity index (χ2v) is 11.9. The van der Waals surface area contributed by atoms with Crippen molar-refractivity contribution in [1.82, 2.24) is 0 Å². The van der Waals surface area contributed by atoms with Gasteiger partial charge in [0.05, 0.1) is 0 Å². The summed E-state index contributed by atoms with van der Waals surface area (Å²) in [6.07, 6.45) is 3.86. The summed E-state index contributed by atoms with van der Waals surface area (Å²) < 4.78 is 27.6. The Balaban J connectivity index is 1.74. The van der Waals surface area contributed by atoms with Crippen LogP contribution in [0.4, 0.5) is 0 Å². The van der Waals surface area contributed by atoms with E-state index in [1.807, 2.05) is 74.5 Å². The number of hydrogen-bond donors (Lipinski definition) is 0. The van der Waals surface area contributed by atoms with Crippen molar-refractivity contribution in [3.8, 4) is 0 Å². The van der Waals surface area contributed by atoms with Crippen LogP contribution in [0.5, 0.6) is 0 Å². The molecule has 0 N–H and O–H groups in total. The molecular formula is C20H16O2P2. The molecule has 0 radical (unpaired) electrons. The Labute approximate surface area is 141 Å². The molecule has 4 aliphatic rings. The normalized spacial score (nSPS) is 29.4. The van der Waals surface area contributed by atoms with Gasteiger partial charge in [-0.15, -0.1) is 0 Å². The number of aryl methyl sites for hydroxylation is 2. The maximum atomic E-state index is 13.8. The van der Waals surface area contributed by atoms with Crippen LogP contribution in [0, 0.1) is 13.8 Å². The summed E-state index contributed by atoms with van der Waals surface area (Å²) in [6, 6.07) is 15.7. The fraction of sp³-hybridized carbons (Fsp3) is 0.100. The van der Waals surface area contributed by atoms with Crippen molar-refractivity contribution in [2.24, 2.45) is 0 Å². The molecule has 4 heterocycles. The summed E-state index contributed by atoms with van der Waals surface area (Å²) in [5.41, 5.74) is 2.08. The van der Waals surface area contributed by atoms with Gasteiger partial charge in [-0.25, -0.2) is 0 Å². The van der Waals surface area contributed by atoms with Gasteiger partial charge >= 0.3 is 0 Å². The number of fused-ring (bicyclic) bond motifs is 1. The van der Waals surface area contributed by atoms with E-state index in [2.05, 4.69) is 0 Å². The van der Waals surface area contributed by atoms with Gasteiger partial charge < -0.3 is 9.13 Å². The van der Waals surface area contributed by atoms with Crippen molar-refractivity contribution < 1.29 is 9.13 Å². The molecule has 0 saturated carbocycles. The van der Waals surface area contributed by atoms with E-state index in [4.69, 9.17) is 0 Å². The highest BCUT2D eigenvalue weighted by molar-refractivity contribution is 7.94. The summed E-state index contributed by atoms with van der Waals surface area (Å²) in [5, 5.41) is 5.18. The van der Waals surface area contributed by atoms with Crippen LogP contribution in [0.3, 0.4) is 0 Å². The molecule has 0 aliphatic carbocycles. The number of allylic oxidation sites excluding steroid dienone is 6. The Morgan fingerprint density at radius 2 is 1.00 bits per heavy atom. The molecule has 118 valence electrons. The molecule has 2 aromatic carbocycles. The molecule has 0 fully saturated rings.